The molecule has 1 unspecified atom stereocenters. The lowest BCUT2D eigenvalue weighted by atomic mass is 9.67. The molecule has 0 amide bonds. The monoisotopic (exact) mass is 300 g/mol. The molecule has 1 N–H and O–H groups in total. The molecule has 1 aliphatic rings. The lowest BCUT2D eigenvalue weighted by Gasteiger charge is -2.36. The maximum atomic E-state index is 12.1. The molecule has 1 aliphatic carbocycles. The van der Waals surface area contributed by atoms with Crippen LogP contribution in [0.25, 0.3) is 0 Å². The van der Waals surface area contributed by atoms with E-state index >= 15 is 0 Å². The zero-order valence-corrected chi connectivity index (χ0v) is 12.4. The van der Waals surface area contributed by atoms with Crippen molar-refractivity contribution in [1.82, 2.24) is 0 Å². The van der Waals surface area contributed by atoms with Crippen molar-refractivity contribution in [1.29, 1.82) is 0 Å². The van der Waals surface area contributed by atoms with E-state index in [0.717, 1.165) is 29.5 Å². The molecule has 3 rings (SSSR count). The van der Waals surface area contributed by atoms with E-state index in [1.165, 1.54) is 0 Å². The molecular formula is C18H17ClO2. The number of carbonyl (C=O) groups is 1. The van der Waals surface area contributed by atoms with E-state index in [0.29, 0.717) is 17.9 Å². The van der Waals surface area contributed by atoms with E-state index in [1.807, 2.05) is 48.5 Å². The lowest BCUT2D eigenvalue weighted by Crippen LogP contribution is -2.41. The van der Waals surface area contributed by atoms with E-state index in [1.54, 1.807) is 0 Å². The Kier molecular flexibility index (Phi) is 3.73. The fraction of sp³-hybridized carbons (Fsp3) is 0.278. The third-order valence-electron chi connectivity index (χ3n) is 4.44. The van der Waals surface area contributed by atoms with Gasteiger partial charge in [0.1, 0.15) is 0 Å². The van der Waals surface area contributed by atoms with Gasteiger partial charge in [-0.1, -0.05) is 54.1 Å². The van der Waals surface area contributed by atoms with Crippen molar-refractivity contribution < 1.29 is 9.90 Å². The van der Waals surface area contributed by atoms with Gasteiger partial charge in [-0.25, -0.2) is 0 Å². The van der Waals surface area contributed by atoms with Crippen LogP contribution in [0.5, 0.6) is 0 Å². The Morgan fingerprint density at radius 3 is 2.62 bits per heavy atom. The number of aryl methyl sites for hydroxylation is 1. The molecule has 0 bridgehead atoms. The van der Waals surface area contributed by atoms with Crippen molar-refractivity contribution >= 4 is 17.6 Å². The summed E-state index contributed by atoms with van der Waals surface area (Å²) >= 11 is 6.24. The van der Waals surface area contributed by atoms with Gasteiger partial charge < -0.3 is 5.11 Å². The molecule has 0 radical (unpaired) electrons. The van der Waals surface area contributed by atoms with E-state index in [-0.39, 0.29) is 0 Å². The second kappa shape index (κ2) is 5.53. The molecule has 21 heavy (non-hydrogen) atoms. The van der Waals surface area contributed by atoms with E-state index < -0.39 is 11.4 Å². The number of rotatable bonds is 3. The molecule has 0 heterocycles. The van der Waals surface area contributed by atoms with Crippen LogP contribution < -0.4 is 0 Å². The fourth-order valence-corrected chi connectivity index (χ4v) is 3.57. The molecule has 108 valence electrons. The van der Waals surface area contributed by atoms with Gasteiger partial charge in [0.15, 0.2) is 0 Å². The molecule has 0 aliphatic heterocycles. The van der Waals surface area contributed by atoms with E-state index in [4.69, 9.17) is 11.6 Å². The molecule has 0 spiro atoms. The van der Waals surface area contributed by atoms with Crippen molar-refractivity contribution in [2.24, 2.45) is 0 Å². The summed E-state index contributed by atoms with van der Waals surface area (Å²) in [6.07, 6.45) is 2.95. The van der Waals surface area contributed by atoms with Gasteiger partial charge in [-0.15, -0.1) is 0 Å². The average Bonchev–Trinajstić information content (AvgIpc) is 2.49. The molecule has 2 nitrogen and oxygen atoms in total. The number of hydrogen-bond acceptors (Lipinski definition) is 1. The van der Waals surface area contributed by atoms with E-state index in [9.17, 15) is 9.90 Å². The van der Waals surface area contributed by atoms with Gasteiger partial charge in [0.05, 0.1) is 5.41 Å². The van der Waals surface area contributed by atoms with Crippen molar-refractivity contribution in [3.8, 4) is 0 Å². The van der Waals surface area contributed by atoms with Crippen LogP contribution in [0.1, 0.15) is 29.5 Å². The molecule has 0 saturated heterocycles. The number of carboxylic acids is 1. The number of halogens is 1. The minimum atomic E-state index is -0.861. The Bertz CT molecular complexity index is 680. The Labute approximate surface area is 129 Å². The Balaban J connectivity index is 2.11. The van der Waals surface area contributed by atoms with Crippen LogP contribution >= 0.6 is 11.6 Å². The molecule has 0 aromatic heterocycles. The minimum absolute atomic E-state index is 0.443. The van der Waals surface area contributed by atoms with Crippen LogP contribution in [-0.2, 0) is 23.1 Å². The van der Waals surface area contributed by atoms with Gasteiger partial charge in [0.25, 0.3) is 0 Å². The quantitative estimate of drug-likeness (QED) is 0.920. The average molecular weight is 301 g/mol. The van der Waals surface area contributed by atoms with Crippen LogP contribution in [0.4, 0.5) is 0 Å². The number of aliphatic carboxylic acids is 1. The molecule has 0 saturated carbocycles. The predicted molar refractivity (Wildman–Crippen MR) is 83.8 cm³/mol. The van der Waals surface area contributed by atoms with Crippen LogP contribution in [-0.4, -0.2) is 11.1 Å². The summed E-state index contributed by atoms with van der Waals surface area (Å²) in [6.45, 7) is 0. The maximum Gasteiger partial charge on any atom is 0.314 e. The Hall–Kier alpha value is -1.80. The van der Waals surface area contributed by atoms with Gasteiger partial charge in [0.2, 0.25) is 0 Å². The molecule has 0 fully saturated rings. The summed E-state index contributed by atoms with van der Waals surface area (Å²) in [5, 5.41) is 10.6. The highest BCUT2D eigenvalue weighted by Gasteiger charge is 2.43. The lowest BCUT2D eigenvalue weighted by molar-refractivity contribution is -0.144. The maximum absolute atomic E-state index is 12.1. The molecule has 3 heteroatoms. The zero-order valence-electron chi connectivity index (χ0n) is 11.7. The van der Waals surface area contributed by atoms with Crippen LogP contribution in [0.3, 0.4) is 0 Å². The van der Waals surface area contributed by atoms with Gasteiger partial charge in [-0.2, -0.15) is 0 Å². The smallest absolute Gasteiger partial charge is 0.314 e. The van der Waals surface area contributed by atoms with Crippen LogP contribution in [0.2, 0.25) is 5.02 Å². The first-order chi connectivity index (χ1) is 10.1. The summed E-state index contributed by atoms with van der Waals surface area (Å²) < 4.78 is 0. The Morgan fingerprint density at radius 2 is 1.86 bits per heavy atom. The highest BCUT2D eigenvalue weighted by molar-refractivity contribution is 6.31. The van der Waals surface area contributed by atoms with Crippen molar-refractivity contribution in [3.05, 3.63) is 70.2 Å². The van der Waals surface area contributed by atoms with Crippen LogP contribution in [0.15, 0.2) is 48.5 Å². The number of fused-ring (bicyclic) bond motifs is 1. The summed E-state index contributed by atoms with van der Waals surface area (Å²) in [5.41, 5.74) is 2.14. The van der Waals surface area contributed by atoms with Gasteiger partial charge in [-0.05, 0) is 48.4 Å². The Morgan fingerprint density at radius 1 is 1.14 bits per heavy atom. The number of carboxylic acid groups (broad SMARTS) is 1. The third kappa shape index (κ3) is 2.44. The highest BCUT2D eigenvalue weighted by atomic mass is 35.5. The SMILES string of the molecule is O=C(O)C1(Cc2ccccc2Cl)CCCc2ccccc21. The topological polar surface area (TPSA) is 37.3 Å². The zero-order chi connectivity index (χ0) is 14.9. The first kappa shape index (κ1) is 14.2. The van der Waals surface area contributed by atoms with Crippen molar-refractivity contribution in [3.63, 3.8) is 0 Å². The first-order valence-electron chi connectivity index (χ1n) is 7.19. The second-order valence-electron chi connectivity index (χ2n) is 5.67. The second-order valence-corrected chi connectivity index (χ2v) is 6.07. The minimum Gasteiger partial charge on any atom is -0.481 e. The van der Waals surface area contributed by atoms with Crippen molar-refractivity contribution in [2.75, 3.05) is 0 Å². The molecular weight excluding hydrogens is 284 g/mol. The third-order valence-corrected chi connectivity index (χ3v) is 4.81. The predicted octanol–water partition coefficient (Wildman–Crippen LogP) is 4.24. The number of hydrogen-bond donors (Lipinski definition) is 1. The van der Waals surface area contributed by atoms with Crippen LogP contribution in [0, 0.1) is 0 Å². The summed E-state index contributed by atoms with van der Waals surface area (Å²) in [5.74, 6) is -0.755. The molecule has 1 atom stereocenters. The van der Waals surface area contributed by atoms with Gasteiger partial charge in [-0.3, -0.25) is 4.79 Å². The summed E-state index contributed by atoms with van der Waals surface area (Å²) in [6, 6.07) is 15.4. The van der Waals surface area contributed by atoms with Gasteiger partial charge >= 0.3 is 5.97 Å². The summed E-state index contributed by atoms with van der Waals surface area (Å²) in [4.78, 5) is 12.1. The van der Waals surface area contributed by atoms with Gasteiger partial charge in [0, 0.05) is 5.02 Å². The largest absolute Gasteiger partial charge is 0.481 e. The summed E-state index contributed by atoms with van der Waals surface area (Å²) in [7, 11) is 0. The normalized spacial score (nSPS) is 20.8. The highest BCUT2D eigenvalue weighted by Crippen LogP contribution is 2.41. The first-order valence-corrected chi connectivity index (χ1v) is 7.56. The fourth-order valence-electron chi connectivity index (χ4n) is 3.37. The molecule has 2 aromatic carbocycles. The van der Waals surface area contributed by atoms with E-state index in [2.05, 4.69) is 0 Å². The standard InChI is InChI=1S/C18H17ClO2/c19-16-10-4-2-7-14(16)12-18(17(20)21)11-5-8-13-6-1-3-9-15(13)18/h1-4,6-7,9-10H,5,8,11-12H2,(H,20,21). The molecule has 2 aromatic rings. The van der Waals surface area contributed by atoms with Crippen molar-refractivity contribution in [2.45, 2.75) is 31.1 Å². The number of benzene rings is 2.